The Balaban J connectivity index is 0.00000243. The number of hydrogen-bond donors (Lipinski definition) is 3. The fraction of sp³-hybridized carbons (Fsp3) is 0.263. The van der Waals surface area contributed by atoms with Crippen LogP contribution in [0, 0.1) is 0 Å². The highest BCUT2D eigenvalue weighted by Crippen LogP contribution is 2.18. The van der Waals surface area contributed by atoms with E-state index in [1.54, 1.807) is 24.3 Å². The van der Waals surface area contributed by atoms with E-state index in [9.17, 15) is 9.59 Å². The molecule has 26 heavy (non-hydrogen) atoms. The molecule has 1 fully saturated rings. The molecule has 6 nitrogen and oxygen atoms in total. The van der Waals surface area contributed by atoms with Crippen molar-refractivity contribution in [3.63, 3.8) is 0 Å². The summed E-state index contributed by atoms with van der Waals surface area (Å²) < 4.78 is 5.35. The Morgan fingerprint density at radius 2 is 1.62 bits per heavy atom. The van der Waals surface area contributed by atoms with Crippen molar-refractivity contribution in [1.29, 1.82) is 0 Å². The van der Waals surface area contributed by atoms with Gasteiger partial charge in [-0.3, -0.25) is 9.59 Å². The predicted molar refractivity (Wildman–Crippen MR) is 103 cm³/mol. The van der Waals surface area contributed by atoms with Crippen LogP contribution < -0.4 is 16.4 Å². The van der Waals surface area contributed by atoms with Crippen LogP contribution in [-0.2, 0) is 14.3 Å². The number of anilines is 2. The minimum atomic E-state index is -0.736. The molecule has 0 aliphatic carbocycles. The van der Waals surface area contributed by atoms with Gasteiger partial charge in [0.15, 0.2) is 0 Å². The maximum atomic E-state index is 12.2. The molecular weight excluding hydrogens is 354 g/mol. The lowest BCUT2D eigenvalue weighted by Gasteiger charge is -2.13. The Bertz CT molecular complexity index is 731. The van der Waals surface area contributed by atoms with Crippen LogP contribution in [0.25, 0.3) is 0 Å². The molecule has 2 unspecified atom stereocenters. The summed E-state index contributed by atoms with van der Waals surface area (Å²) in [5.74, 6) is -0.428. The zero-order valence-electron chi connectivity index (χ0n) is 14.2. The van der Waals surface area contributed by atoms with Gasteiger partial charge in [-0.2, -0.15) is 0 Å². The summed E-state index contributed by atoms with van der Waals surface area (Å²) in [6, 6.07) is 15.4. The number of rotatable bonds is 5. The highest BCUT2D eigenvalue weighted by Gasteiger charge is 2.23. The van der Waals surface area contributed by atoms with Crippen LogP contribution >= 0.6 is 12.4 Å². The van der Waals surface area contributed by atoms with Gasteiger partial charge in [-0.1, -0.05) is 30.3 Å². The third-order valence-electron chi connectivity index (χ3n) is 4.08. The lowest BCUT2D eigenvalue weighted by atomic mass is 10.1. The first kappa shape index (κ1) is 19.9. The second-order valence-electron chi connectivity index (χ2n) is 5.95. The fourth-order valence-electron chi connectivity index (χ4n) is 2.68. The van der Waals surface area contributed by atoms with E-state index in [0.29, 0.717) is 18.0 Å². The molecular formula is C19H22ClN3O3. The van der Waals surface area contributed by atoms with Crippen molar-refractivity contribution in [2.24, 2.45) is 5.73 Å². The molecule has 4 N–H and O–H groups in total. The minimum absolute atomic E-state index is 0. The van der Waals surface area contributed by atoms with E-state index in [0.717, 1.165) is 18.4 Å². The summed E-state index contributed by atoms with van der Waals surface area (Å²) in [5, 5.41) is 5.59. The summed E-state index contributed by atoms with van der Waals surface area (Å²) in [6.07, 6.45) is 1.28. The molecule has 2 aromatic rings. The van der Waals surface area contributed by atoms with E-state index in [4.69, 9.17) is 10.5 Å². The van der Waals surface area contributed by atoms with Crippen molar-refractivity contribution >= 4 is 35.6 Å². The maximum Gasteiger partial charge on any atom is 0.253 e. The number of carbonyl (C=O) groups is 2. The molecule has 2 amide bonds. The first-order valence-electron chi connectivity index (χ1n) is 8.27. The number of nitrogens with one attached hydrogen (secondary N) is 2. The summed E-state index contributed by atoms with van der Waals surface area (Å²) in [5.41, 5.74) is 7.99. The largest absolute Gasteiger partial charge is 0.368 e. The average molecular weight is 376 g/mol. The van der Waals surface area contributed by atoms with E-state index in [-0.39, 0.29) is 30.3 Å². The van der Waals surface area contributed by atoms with Crippen LogP contribution in [0.1, 0.15) is 24.4 Å². The molecule has 0 radical (unpaired) electrons. The lowest BCUT2D eigenvalue weighted by molar-refractivity contribution is -0.124. The monoisotopic (exact) mass is 375 g/mol. The number of hydrogen-bond acceptors (Lipinski definition) is 4. The van der Waals surface area contributed by atoms with Crippen molar-refractivity contribution in [3.8, 4) is 0 Å². The number of amides is 2. The van der Waals surface area contributed by atoms with Gasteiger partial charge in [0, 0.05) is 18.0 Å². The van der Waals surface area contributed by atoms with E-state index in [2.05, 4.69) is 10.6 Å². The van der Waals surface area contributed by atoms with Gasteiger partial charge < -0.3 is 21.1 Å². The SMILES string of the molecule is Cl.NC(C(=O)Nc1ccc(NC(=O)C2CCCO2)cc1)c1ccccc1. The zero-order valence-corrected chi connectivity index (χ0v) is 15.0. The molecule has 0 aromatic heterocycles. The van der Waals surface area contributed by atoms with Gasteiger partial charge in [0.2, 0.25) is 5.91 Å². The third kappa shape index (κ3) is 5.05. The van der Waals surface area contributed by atoms with Crippen LogP contribution in [-0.4, -0.2) is 24.5 Å². The Labute approximate surface area is 158 Å². The molecule has 3 rings (SSSR count). The van der Waals surface area contributed by atoms with E-state index in [1.807, 2.05) is 30.3 Å². The van der Waals surface area contributed by atoms with Crippen molar-refractivity contribution in [2.45, 2.75) is 25.0 Å². The predicted octanol–water partition coefficient (Wildman–Crippen LogP) is 2.86. The van der Waals surface area contributed by atoms with Crippen LogP contribution in [0.4, 0.5) is 11.4 Å². The maximum absolute atomic E-state index is 12.2. The zero-order chi connectivity index (χ0) is 17.6. The number of halogens is 1. The van der Waals surface area contributed by atoms with Crippen molar-refractivity contribution < 1.29 is 14.3 Å². The number of nitrogens with two attached hydrogens (primary N) is 1. The quantitative estimate of drug-likeness (QED) is 0.749. The van der Waals surface area contributed by atoms with Gasteiger partial charge in [-0.15, -0.1) is 12.4 Å². The molecule has 1 aliphatic rings. The van der Waals surface area contributed by atoms with Gasteiger partial charge >= 0.3 is 0 Å². The number of carbonyl (C=O) groups excluding carboxylic acids is 2. The second kappa shape index (κ2) is 9.33. The average Bonchev–Trinajstić information content (AvgIpc) is 3.18. The van der Waals surface area contributed by atoms with Crippen LogP contribution in [0.3, 0.4) is 0 Å². The highest BCUT2D eigenvalue weighted by atomic mass is 35.5. The summed E-state index contributed by atoms with van der Waals surface area (Å²) in [7, 11) is 0. The minimum Gasteiger partial charge on any atom is -0.368 e. The van der Waals surface area contributed by atoms with E-state index < -0.39 is 6.04 Å². The van der Waals surface area contributed by atoms with Gasteiger partial charge in [-0.25, -0.2) is 0 Å². The summed E-state index contributed by atoms with van der Waals surface area (Å²) >= 11 is 0. The first-order valence-corrected chi connectivity index (χ1v) is 8.27. The standard InChI is InChI=1S/C19H21N3O3.ClH/c20-17(13-5-2-1-3-6-13)19(24)22-15-10-8-14(9-11-15)21-18(23)16-7-4-12-25-16;/h1-3,5-6,8-11,16-17H,4,7,12,20H2,(H,21,23)(H,22,24);1H. The van der Waals surface area contributed by atoms with Crippen molar-refractivity contribution in [3.05, 3.63) is 60.2 Å². The molecule has 1 saturated heterocycles. The fourth-order valence-corrected chi connectivity index (χ4v) is 2.68. The molecule has 0 bridgehead atoms. The van der Waals surface area contributed by atoms with Gasteiger partial charge in [-0.05, 0) is 42.7 Å². The topological polar surface area (TPSA) is 93.5 Å². The smallest absolute Gasteiger partial charge is 0.253 e. The molecule has 1 aliphatic heterocycles. The van der Waals surface area contributed by atoms with Crippen molar-refractivity contribution in [1.82, 2.24) is 0 Å². The molecule has 138 valence electrons. The molecule has 0 saturated carbocycles. The highest BCUT2D eigenvalue weighted by molar-refractivity contribution is 5.96. The van der Waals surface area contributed by atoms with Crippen LogP contribution in [0.5, 0.6) is 0 Å². The molecule has 2 atom stereocenters. The van der Waals surface area contributed by atoms with Crippen LogP contribution in [0.2, 0.25) is 0 Å². The van der Waals surface area contributed by atoms with Gasteiger partial charge in [0.1, 0.15) is 12.1 Å². The Kier molecular flexibility index (Phi) is 7.15. The molecule has 2 aromatic carbocycles. The Morgan fingerprint density at radius 1 is 1.00 bits per heavy atom. The molecule has 1 heterocycles. The molecule has 0 spiro atoms. The third-order valence-corrected chi connectivity index (χ3v) is 4.08. The second-order valence-corrected chi connectivity index (χ2v) is 5.95. The lowest BCUT2D eigenvalue weighted by Crippen LogP contribution is -2.28. The normalized spacial score (nSPS) is 17.0. The summed E-state index contributed by atoms with van der Waals surface area (Å²) in [4.78, 5) is 24.2. The number of benzene rings is 2. The summed E-state index contributed by atoms with van der Waals surface area (Å²) in [6.45, 7) is 0.630. The number of ether oxygens (including phenoxy) is 1. The van der Waals surface area contributed by atoms with E-state index >= 15 is 0 Å². The Hall–Kier alpha value is -2.41. The van der Waals surface area contributed by atoms with E-state index in [1.165, 1.54) is 0 Å². The van der Waals surface area contributed by atoms with Crippen LogP contribution in [0.15, 0.2) is 54.6 Å². The Morgan fingerprint density at radius 3 is 2.19 bits per heavy atom. The van der Waals surface area contributed by atoms with Gasteiger partial charge in [0.25, 0.3) is 5.91 Å². The van der Waals surface area contributed by atoms with Gasteiger partial charge in [0.05, 0.1) is 0 Å². The van der Waals surface area contributed by atoms with Crippen molar-refractivity contribution in [2.75, 3.05) is 17.2 Å². The molecule has 7 heteroatoms. The first-order chi connectivity index (χ1) is 12.1.